The molecule has 0 fully saturated rings. The second-order valence-electron chi connectivity index (χ2n) is 3.83. The minimum atomic E-state index is -3.72. The first-order valence-electron chi connectivity index (χ1n) is 5.42. The van der Waals surface area contributed by atoms with Crippen LogP contribution in [0.15, 0.2) is 37.4 Å². The summed E-state index contributed by atoms with van der Waals surface area (Å²) in [7, 11) is -3.72. The molecule has 0 aliphatic carbocycles. The van der Waals surface area contributed by atoms with Crippen LogP contribution in [0.4, 0.5) is 0 Å². The highest BCUT2D eigenvalue weighted by Crippen LogP contribution is 2.25. The van der Waals surface area contributed by atoms with Crippen molar-refractivity contribution >= 4 is 59.2 Å². The Morgan fingerprint density at radius 2 is 2.10 bits per heavy atom. The minimum absolute atomic E-state index is 0.0667. The van der Waals surface area contributed by atoms with Gasteiger partial charge < -0.3 is 5.11 Å². The zero-order valence-electron chi connectivity index (χ0n) is 10.2. The zero-order chi connectivity index (χ0) is 15.6. The first-order chi connectivity index (χ1) is 9.79. The van der Waals surface area contributed by atoms with E-state index in [1.165, 1.54) is 11.4 Å². The van der Waals surface area contributed by atoms with E-state index in [-0.39, 0.29) is 17.1 Å². The highest BCUT2D eigenvalue weighted by atomic mass is 79.9. The molecular formula is C11H8Br2N2O4S2. The Morgan fingerprint density at radius 1 is 1.38 bits per heavy atom. The maximum atomic E-state index is 12.2. The van der Waals surface area contributed by atoms with E-state index in [1.807, 2.05) is 0 Å². The topological polar surface area (TPSA) is 96.4 Å². The summed E-state index contributed by atoms with van der Waals surface area (Å²) in [6, 6.07) is 4.70. The molecule has 21 heavy (non-hydrogen) atoms. The molecule has 0 amide bonds. The second kappa shape index (κ2) is 6.53. The van der Waals surface area contributed by atoms with Crippen molar-refractivity contribution < 1.29 is 18.3 Å². The molecule has 112 valence electrons. The van der Waals surface area contributed by atoms with Gasteiger partial charge in [0, 0.05) is 14.3 Å². The van der Waals surface area contributed by atoms with Crippen molar-refractivity contribution in [2.75, 3.05) is 0 Å². The first-order valence-corrected chi connectivity index (χ1v) is 9.37. The number of thiazole rings is 1. The van der Waals surface area contributed by atoms with Gasteiger partial charge in [-0.2, -0.15) is 0 Å². The number of benzene rings is 1. The summed E-state index contributed by atoms with van der Waals surface area (Å²) in [5, 5.41) is 10.5. The highest BCUT2D eigenvalue weighted by Gasteiger charge is 2.18. The summed E-state index contributed by atoms with van der Waals surface area (Å²) in [6.07, 6.45) is 0. The van der Waals surface area contributed by atoms with Crippen LogP contribution in [-0.2, 0) is 16.6 Å². The van der Waals surface area contributed by atoms with Gasteiger partial charge in [-0.1, -0.05) is 15.9 Å². The molecule has 2 rings (SSSR count). The van der Waals surface area contributed by atoms with Gasteiger partial charge in [0.15, 0.2) is 5.69 Å². The van der Waals surface area contributed by atoms with Gasteiger partial charge in [-0.3, -0.25) is 0 Å². The molecule has 1 heterocycles. The Hall–Kier alpha value is -0.810. The van der Waals surface area contributed by atoms with E-state index < -0.39 is 16.0 Å². The lowest BCUT2D eigenvalue weighted by molar-refractivity contribution is 0.0691. The number of rotatable bonds is 5. The molecule has 1 aromatic carbocycles. The number of nitrogens with one attached hydrogen (secondary N) is 1. The number of carbonyl (C=O) groups is 1. The summed E-state index contributed by atoms with van der Waals surface area (Å²) in [6.45, 7) is -0.0667. The monoisotopic (exact) mass is 454 g/mol. The number of aromatic nitrogens is 1. The average Bonchev–Trinajstić information content (AvgIpc) is 2.85. The summed E-state index contributed by atoms with van der Waals surface area (Å²) >= 11 is 7.52. The van der Waals surface area contributed by atoms with Gasteiger partial charge in [-0.05, 0) is 34.1 Å². The van der Waals surface area contributed by atoms with E-state index in [9.17, 15) is 13.2 Å². The smallest absolute Gasteiger partial charge is 0.355 e. The first kappa shape index (κ1) is 16.6. The molecule has 6 nitrogen and oxygen atoms in total. The lowest BCUT2D eigenvalue weighted by Gasteiger charge is -2.07. The van der Waals surface area contributed by atoms with Crippen LogP contribution in [0, 0.1) is 0 Å². The normalized spacial score (nSPS) is 11.5. The molecule has 0 saturated heterocycles. The molecule has 0 unspecified atom stereocenters. The van der Waals surface area contributed by atoms with Gasteiger partial charge >= 0.3 is 5.97 Å². The Kier molecular flexibility index (Phi) is 5.15. The predicted octanol–water partition coefficient (Wildman–Crippen LogP) is 2.84. The number of nitrogens with zero attached hydrogens (tertiary/aromatic N) is 1. The van der Waals surface area contributed by atoms with E-state index in [0.29, 0.717) is 9.48 Å². The van der Waals surface area contributed by atoms with Crippen LogP contribution < -0.4 is 4.72 Å². The predicted molar refractivity (Wildman–Crippen MR) is 84.9 cm³/mol. The van der Waals surface area contributed by atoms with Gasteiger partial charge in [0.05, 0.1) is 11.4 Å². The molecule has 0 atom stereocenters. The molecule has 2 N–H and O–H groups in total. The average molecular weight is 456 g/mol. The van der Waals surface area contributed by atoms with Gasteiger partial charge in [0.25, 0.3) is 0 Å². The standard InChI is InChI=1S/C11H8Br2N2O4S2/c12-6-1-2-9(7(13)3-6)21(18,19)14-4-10-15-8(5-20-10)11(16)17/h1-3,5,14H,4H2,(H,16,17). The van der Waals surface area contributed by atoms with Crippen molar-refractivity contribution in [3.8, 4) is 0 Å². The van der Waals surface area contributed by atoms with Crippen molar-refractivity contribution in [3.05, 3.63) is 43.2 Å². The van der Waals surface area contributed by atoms with Gasteiger partial charge in [-0.25, -0.2) is 22.9 Å². The van der Waals surface area contributed by atoms with Crippen LogP contribution in [-0.4, -0.2) is 24.5 Å². The molecule has 0 spiro atoms. The summed E-state index contributed by atoms with van der Waals surface area (Å²) in [5.41, 5.74) is -0.0981. The number of halogens is 2. The van der Waals surface area contributed by atoms with Crippen LogP contribution in [0.1, 0.15) is 15.5 Å². The fraction of sp³-hybridized carbons (Fsp3) is 0.0909. The van der Waals surface area contributed by atoms with Crippen molar-refractivity contribution in [3.63, 3.8) is 0 Å². The lowest BCUT2D eigenvalue weighted by Crippen LogP contribution is -2.23. The maximum absolute atomic E-state index is 12.2. The molecule has 2 aromatic rings. The third-order valence-electron chi connectivity index (χ3n) is 2.37. The third-order valence-corrected chi connectivity index (χ3v) is 6.09. The highest BCUT2D eigenvalue weighted by molar-refractivity contribution is 9.11. The Labute approximate surface area is 141 Å². The summed E-state index contributed by atoms with van der Waals surface area (Å²) in [4.78, 5) is 14.6. The van der Waals surface area contributed by atoms with Crippen LogP contribution in [0.5, 0.6) is 0 Å². The molecule has 1 aromatic heterocycles. The largest absolute Gasteiger partial charge is 0.476 e. The quantitative estimate of drug-likeness (QED) is 0.722. The van der Waals surface area contributed by atoms with Gasteiger partial charge in [-0.15, -0.1) is 11.3 Å². The molecule has 10 heteroatoms. The molecule has 0 aliphatic heterocycles. The fourth-order valence-electron chi connectivity index (χ4n) is 1.42. The SMILES string of the molecule is O=C(O)c1csc(CNS(=O)(=O)c2ccc(Br)cc2Br)n1. The number of hydrogen-bond acceptors (Lipinski definition) is 5. The van der Waals surface area contributed by atoms with Crippen LogP contribution in [0.2, 0.25) is 0 Å². The van der Waals surface area contributed by atoms with Crippen LogP contribution in [0.3, 0.4) is 0 Å². The maximum Gasteiger partial charge on any atom is 0.355 e. The molecule has 0 saturated carbocycles. The van der Waals surface area contributed by atoms with Crippen molar-refractivity contribution in [1.29, 1.82) is 0 Å². The fourth-order valence-corrected chi connectivity index (χ4v) is 4.95. The third kappa shape index (κ3) is 4.10. The number of carboxylic acids is 1. The van der Waals surface area contributed by atoms with E-state index in [2.05, 4.69) is 41.6 Å². The van der Waals surface area contributed by atoms with Crippen LogP contribution >= 0.6 is 43.2 Å². The van der Waals surface area contributed by atoms with E-state index in [4.69, 9.17) is 5.11 Å². The zero-order valence-corrected chi connectivity index (χ0v) is 15.0. The number of carboxylic acid groups (broad SMARTS) is 1. The summed E-state index contributed by atoms with van der Waals surface area (Å²) < 4.78 is 27.9. The van der Waals surface area contributed by atoms with E-state index in [0.717, 1.165) is 15.8 Å². The number of aromatic carboxylic acids is 1. The molecular weight excluding hydrogens is 448 g/mol. The van der Waals surface area contributed by atoms with Crippen molar-refractivity contribution in [2.45, 2.75) is 11.4 Å². The van der Waals surface area contributed by atoms with E-state index >= 15 is 0 Å². The van der Waals surface area contributed by atoms with Gasteiger partial charge in [0.2, 0.25) is 10.0 Å². The Bertz CT molecular complexity index is 789. The lowest BCUT2D eigenvalue weighted by atomic mass is 10.4. The van der Waals surface area contributed by atoms with Gasteiger partial charge in [0.1, 0.15) is 5.01 Å². The number of sulfonamides is 1. The molecule has 0 aliphatic rings. The second-order valence-corrected chi connectivity index (χ2v) is 8.28. The van der Waals surface area contributed by atoms with E-state index in [1.54, 1.807) is 12.1 Å². The van der Waals surface area contributed by atoms with Crippen molar-refractivity contribution in [1.82, 2.24) is 9.71 Å². The minimum Gasteiger partial charge on any atom is -0.476 e. The molecule has 0 bridgehead atoms. The molecule has 0 radical (unpaired) electrons. The Morgan fingerprint density at radius 3 is 2.67 bits per heavy atom. The van der Waals surface area contributed by atoms with Crippen LogP contribution in [0.25, 0.3) is 0 Å². The Balaban J connectivity index is 2.15. The number of hydrogen-bond donors (Lipinski definition) is 2. The van der Waals surface area contributed by atoms with Crippen molar-refractivity contribution in [2.24, 2.45) is 0 Å². The summed E-state index contributed by atoms with van der Waals surface area (Å²) in [5.74, 6) is -1.14.